The lowest BCUT2D eigenvalue weighted by atomic mass is 9.95. The van der Waals surface area contributed by atoms with Crippen LogP contribution in [0.2, 0.25) is 5.02 Å². The Morgan fingerprint density at radius 3 is 2.44 bits per heavy atom. The number of pyridine rings is 1. The van der Waals surface area contributed by atoms with Crippen molar-refractivity contribution in [1.82, 2.24) is 29.3 Å². The minimum atomic E-state index is -5.08. The monoisotopic (exact) mass is 494 g/mol. The van der Waals surface area contributed by atoms with E-state index in [9.17, 15) is 13.2 Å². The van der Waals surface area contributed by atoms with E-state index in [2.05, 4.69) is 35.7 Å². The van der Waals surface area contributed by atoms with Gasteiger partial charge in [0.15, 0.2) is 11.3 Å². The molecule has 1 saturated heterocycles. The number of aryl methyl sites for hydroxylation is 2. The van der Waals surface area contributed by atoms with Crippen LogP contribution in [-0.4, -0.2) is 54.3 Å². The second-order valence-electron chi connectivity index (χ2n) is 8.16. The van der Waals surface area contributed by atoms with E-state index in [1.54, 1.807) is 0 Å². The average Bonchev–Trinajstić information content (AvgIpc) is 3.38. The molecule has 1 aliphatic rings. The van der Waals surface area contributed by atoms with Gasteiger partial charge >= 0.3 is 12.1 Å². The molecule has 5 heterocycles. The molecule has 1 fully saturated rings. The third-order valence-corrected chi connectivity index (χ3v) is 5.83. The summed E-state index contributed by atoms with van der Waals surface area (Å²) >= 11 is 6.58. The molecule has 0 spiro atoms. The molecule has 1 aliphatic heterocycles. The third-order valence-electron chi connectivity index (χ3n) is 5.55. The number of carboxylic acids is 1. The van der Waals surface area contributed by atoms with Gasteiger partial charge in [0.2, 0.25) is 0 Å². The summed E-state index contributed by atoms with van der Waals surface area (Å²) in [6, 6.07) is 4.01. The number of carbonyl (C=O) groups is 1. The fourth-order valence-electron chi connectivity index (χ4n) is 3.92. The number of hydrogen-bond donors (Lipinski definition) is 2. The molecule has 0 saturated carbocycles. The summed E-state index contributed by atoms with van der Waals surface area (Å²) in [6.45, 7) is 6.13. The SMILES string of the molecule is Cc1cn2nc(-c3cc(Cl)c4nc(C5CCNCC5)cn4c3)cc(C)c2n1.O=C(O)C(F)(F)F. The van der Waals surface area contributed by atoms with Gasteiger partial charge in [0.25, 0.3) is 0 Å². The molecule has 0 unspecified atom stereocenters. The highest BCUT2D eigenvalue weighted by atomic mass is 35.5. The maximum atomic E-state index is 10.6. The first kappa shape index (κ1) is 24.0. The van der Waals surface area contributed by atoms with Crippen molar-refractivity contribution >= 4 is 28.9 Å². The molecule has 4 aromatic rings. The second-order valence-corrected chi connectivity index (χ2v) is 8.57. The lowest BCUT2D eigenvalue weighted by Crippen LogP contribution is -2.26. The molecule has 8 nitrogen and oxygen atoms in total. The molecule has 0 bridgehead atoms. The lowest BCUT2D eigenvalue weighted by molar-refractivity contribution is -0.192. The summed E-state index contributed by atoms with van der Waals surface area (Å²) in [7, 11) is 0. The highest BCUT2D eigenvalue weighted by Gasteiger charge is 2.38. The summed E-state index contributed by atoms with van der Waals surface area (Å²) in [6.07, 6.45) is 3.28. The molecule has 4 aromatic heterocycles. The predicted octanol–water partition coefficient (Wildman–Crippen LogP) is 4.41. The maximum Gasteiger partial charge on any atom is 0.490 e. The van der Waals surface area contributed by atoms with Crippen LogP contribution in [-0.2, 0) is 4.79 Å². The van der Waals surface area contributed by atoms with Gasteiger partial charge < -0.3 is 14.8 Å². The number of rotatable bonds is 2. The van der Waals surface area contributed by atoms with Gasteiger partial charge in [-0.25, -0.2) is 19.3 Å². The van der Waals surface area contributed by atoms with Crippen molar-refractivity contribution in [2.45, 2.75) is 38.8 Å². The summed E-state index contributed by atoms with van der Waals surface area (Å²) in [5.41, 5.74) is 6.71. The van der Waals surface area contributed by atoms with Crippen LogP contribution in [0.4, 0.5) is 13.2 Å². The van der Waals surface area contributed by atoms with Crippen molar-refractivity contribution in [3.8, 4) is 11.3 Å². The highest BCUT2D eigenvalue weighted by molar-refractivity contribution is 6.33. The number of fused-ring (bicyclic) bond motifs is 2. The predicted molar refractivity (Wildman–Crippen MR) is 120 cm³/mol. The Balaban J connectivity index is 0.000000344. The molecule has 2 N–H and O–H groups in total. The summed E-state index contributed by atoms with van der Waals surface area (Å²) in [5, 5.41) is 15.9. The number of aromatic nitrogens is 5. The molecule has 0 amide bonds. The smallest absolute Gasteiger partial charge is 0.475 e. The normalized spacial score (nSPS) is 14.9. The van der Waals surface area contributed by atoms with E-state index < -0.39 is 12.1 Å². The van der Waals surface area contributed by atoms with Crippen molar-refractivity contribution in [3.63, 3.8) is 0 Å². The number of piperidine rings is 1. The zero-order valence-corrected chi connectivity index (χ0v) is 19.2. The molecule has 34 heavy (non-hydrogen) atoms. The molecule has 180 valence electrons. The van der Waals surface area contributed by atoms with Crippen LogP contribution < -0.4 is 5.32 Å². The molecular weight excluding hydrogens is 473 g/mol. The zero-order valence-electron chi connectivity index (χ0n) is 18.4. The molecular formula is C22H22ClF3N6O2. The standard InChI is InChI=1S/C20H21ClN6.C2HF3O2/c1-12-7-17(25-27-9-13(2)23-19(12)27)15-8-16(21)20-24-18(11-26(20)10-15)14-3-5-22-6-4-14;3-2(4,5)1(6)7/h7-11,14,22H,3-6H2,1-2H3;(H,6,7). The highest BCUT2D eigenvalue weighted by Crippen LogP contribution is 2.30. The van der Waals surface area contributed by atoms with E-state index in [-0.39, 0.29) is 0 Å². The Kier molecular flexibility index (Phi) is 6.50. The first-order valence-corrected chi connectivity index (χ1v) is 10.9. The van der Waals surface area contributed by atoms with Gasteiger partial charge in [0.05, 0.1) is 28.3 Å². The molecule has 5 rings (SSSR count). The van der Waals surface area contributed by atoms with Crippen molar-refractivity contribution in [1.29, 1.82) is 0 Å². The number of nitrogens with zero attached hydrogens (tertiary/aromatic N) is 5. The van der Waals surface area contributed by atoms with Gasteiger partial charge in [-0.2, -0.15) is 18.3 Å². The van der Waals surface area contributed by atoms with Crippen molar-refractivity contribution < 1.29 is 23.1 Å². The lowest BCUT2D eigenvalue weighted by Gasteiger charge is -2.20. The number of halogens is 4. The fraction of sp³-hybridized carbons (Fsp3) is 0.364. The minimum Gasteiger partial charge on any atom is -0.475 e. The topological polar surface area (TPSA) is 96.8 Å². The average molecular weight is 495 g/mol. The van der Waals surface area contributed by atoms with E-state index in [4.69, 9.17) is 31.6 Å². The Labute approximate surface area is 197 Å². The fourth-order valence-corrected chi connectivity index (χ4v) is 4.17. The van der Waals surface area contributed by atoms with Gasteiger partial charge in [-0.1, -0.05) is 11.6 Å². The largest absolute Gasteiger partial charge is 0.490 e. The van der Waals surface area contributed by atoms with Crippen LogP contribution in [0.1, 0.15) is 35.7 Å². The van der Waals surface area contributed by atoms with Crippen molar-refractivity contribution in [2.24, 2.45) is 0 Å². The molecule has 0 aliphatic carbocycles. The van der Waals surface area contributed by atoms with Crippen molar-refractivity contribution in [3.05, 3.63) is 52.7 Å². The summed E-state index contributed by atoms with van der Waals surface area (Å²) in [4.78, 5) is 18.2. The Hall–Kier alpha value is -3.18. The zero-order chi connectivity index (χ0) is 24.6. The quantitative estimate of drug-likeness (QED) is 0.428. The van der Waals surface area contributed by atoms with Crippen LogP contribution in [0.25, 0.3) is 22.6 Å². The molecule has 12 heteroatoms. The summed E-state index contributed by atoms with van der Waals surface area (Å²) in [5.74, 6) is -2.26. The Morgan fingerprint density at radius 2 is 1.79 bits per heavy atom. The number of aliphatic carboxylic acids is 1. The molecule has 0 atom stereocenters. The molecule has 0 aromatic carbocycles. The minimum absolute atomic E-state index is 0.497. The maximum absolute atomic E-state index is 10.6. The van der Waals surface area contributed by atoms with Gasteiger partial charge in [-0.05, 0) is 57.5 Å². The van der Waals surface area contributed by atoms with Crippen molar-refractivity contribution in [2.75, 3.05) is 13.1 Å². The Bertz CT molecular complexity index is 1360. The third kappa shape index (κ3) is 5.00. The van der Waals surface area contributed by atoms with Gasteiger partial charge in [0, 0.05) is 23.9 Å². The van der Waals surface area contributed by atoms with E-state index >= 15 is 0 Å². The number of hydrogen-bond acceptors (Lipinski definition) is 5. The van der Waals surface area contributed by atoms with Crippen LogP contribution in [0.3, 0.4) is 0 Å². The first-order chi connectivity index (χ1) is 16.0. The second kappa shape index (κ2) is 9.22. The Morgan fingerprint density at radius 1 is 1.12 bits per heavy atom. The van der Waals surface area contributed by atoms with Crippen LogP contribution in [0.5, 0.6) is 0 Å². The number of nitrogens with one attached hydrogen (secondary N) is 1. The first-order valence-electron chi connectivity index (χ1n) is 10.6. The van der Waals surface area contributed by atoms with E-state index in [0.717, 1.165) is 65.4 Å². The number of imidazole rings is 2. The van der Waals surface area contributed by atoms with Crippen LogP contribution in [0, 0.1) is 13.8 Å². The van der Waals surface area contributed by atoms with Gasteiger partial charge in [-0.15, -0.1) is 0 Å². The number of alkyl halides is 3. The van der Waals surface area contributed by atoms with Crippen LogP contribution >= 0.6 is 11.6 Å². The van der Waals surface area contributed by atoms with E-state index in [1.165, 1.54) is 0 Å². The number of carboxylic acid groups (broad SMARTS) is 1. The summed E-state index contributed by atoms with van der Waals surface area (Å²) < 4.78 is 35.6. The van der Waals surface area contributed by atoms with Crippen LogP contribution in [0.15, 0.2) is 30.7 Å². The molecule has 0 radical (unpaired) electrons. The van der Waals surface area contributed by atoms with Gasteiger partial charge in [0.1, 0.15) is 0 Å². The van der Waals surface area contributed by atoms with E-state index in [0.29, 0.717) is 10.9 Å². The van der Waals surface area contributed by atoms with E-state index in [1.807, 2.05) is 28.1 Å². The van der Waals surface area contributed by atoms with Gasteiger partial charge in [-0.3, -0.25) is 0 Å².